The molecule has 1 saturated heterocycles. The summed E-state index contributed by atoms with van der Waals surface area (Å²) >= 11 is 0. The first-order valence-corrected chi connectivity index (χ1v) is 9.12. The van der Waals surface area contributed by atoms with Crippen LogP contribution < -0.4 is 0 Å². The van der Waals surface area contributed by atoms with Gasteiger partial charge in [-0.05, 0) is 48.9 Å². The maximum Gasteiger partial charge on any atom is 0.376 e. The Balaban J connectivity index is 1.69. The Morgan fingerprint density at radius 2 is 2.04 bits per heavy atom. The molecule has 1 aliphatic rings. The number of pyridine rings is 1. The van der Waals surface area contributed by atoms with Crippen LogP contribution in [0.15, 0.2) is 48.7 Å². The summed E-state index contributed by atoms with van der Waals surface area (Å²) in [7, 11) is 0. The number of esters is 1. The van der Waals surface area contributed by atoms with Crippen LogP contribution in [0.4, 0.5) is 8.78 Å². The van der Waals surface area contributed by atoms with Gasteiger partial charge in [0, 0.05) is 24.8 Å². The van der Waals surface area contributed by atoms with Crippen molar-refractivity contribution in [1.29, 1.82) is 0 Å². The van der Waals surface area contributed by atoms with E-state index in [9.17, 15) is 13.6 Å². The Morgan fingerprint density at radius 1 is 1.22 bits per heavy atom. The van der Waals surface area contributed by atoms with Crippen molar-refractivity contribution in [3.63, 3.8) is 0 Å². The van der Waals surface area contributed by atoms with Crippen molar-refractivity contribution in [2.24, 2.45) is 11.8 Å². The highest BCUT2D eigenvalue weighted by Gasteiger charge is 2.45. The average Bonchev–Trinajstić information content (AvgIpc) is 3.09. The number of carbonyl (C=O) groups is 1. The van der Waals surface area contributed by atoms with E-state index in [0.29, 0.717) is 13.0 Å². The van der Waals surface area contributed by atoms with Gasteiger partial charge in [0.25, 0.3) is 0 Å². The van der Waals surface area contributed by atoms with Crippen LogP contribution in [0.2, 0.25) is 0 Å². The van der Waals surface area contributed by atoms with Crippen LogP contribution in [-0.2, 0) is 20.7 Å². The van der Waals surface area contributed by atoms with Gasteiger partial charge in [-0.25, -0.2) is 4.79 Å². The van der Waals surface area contributed by atoms with Gasteiger partial charge in [-0.1, -0.05) is 24.3 Å². The third kappa shape index (κ3) is 4.89. The molecule has 0 amide bonds. The molecule has 3 rings (SSSR count). The number of ether oxygens (including phenoxy) is 2. The second-order valence-corrected chi connectivity index (χ2v) is 6.81. The molecule has 6 heteroatoms. The highest BCUT2D eigenvalue weighted by Crippen LogP contribution is 2.35. The van der Waals surface area contributed by atoms with Gasteiger partial charge in [-0.15, -0.1) is 0 Å². The highest BCUT2D eigenvalue weighted by molar-refractivity contribution is 5.77. The standard InChI is InChI=1S/C21H23F2NO3/c1-2-27-20(25)21(22,23)12-18-14-26-13-17(18)11-15-6-5-7-16(10-15)19-8-3-4-9-24-19/h3-10,17-18H,2,11-14H2,1H3. The van der Waals surface area contributed by atoms with E-state index >= 15 is 0 Å². The SMILES string of the molecule is CCOC(=O)C(F)(F)CC1COCC1Cc1cccc(-c2ccccn2)c1. The molecule has 1 fully saturated rings. The van der Waals surface area contributed by atoms with Crippen LogP contribution in [0.3, 0.4) is 0 Å². The number of hydrogen-bond acceptors (Lipinski definition) is 4. The zero-order valence-corrected chi connectivity index (χ0v) is 15.2. The fourth-order valence-corrected chi connectivity index (χ4v) is 3.44. The smallest absolute Gasteiger partial charge is 0.376 e. The highest BCUT2D eigenvalue weighted by atomic mass is 19.3. The lowest BCUT2D eigenvalue weighted by atomic mass is 9.85. The minimum atomic E-state index is -3.48. The summed E-state index contributed by atoms with van der Waals surface area (Å²) in [6, 6.07) is 13.6. The van der Waals surface area contributed by atoms with Crippen molar-refractivity contribution >= 4 is 5.97 Å². The first-order chi connectivity index (χ1) is 13.0. The number of benzene rings is 1. The second-order valence-electron chi connectivity index (χ2n) is 6.81. The fraction of sp³-hybridized carbons (Fsp3) is 0.429. The van der Waals surface area contributed by atoms with E-state index in [0.717, 1.165) is 16.8 Å². The minimum absolute atomic E-state index is 0.0562. The van der Waals surface area contributed by atoms with Gasteiger partial charge in [-0.2, -0.15) is 8.78 Å². The van der Waals surface area contributed by atoms with Gasteiger partial charge >= 0.3 is 11.9 Å². The molecule has 1 aromatic carbocycles. The molecule has 144 valence electrons. The van der Waals surface area contributed by atoms with Crippen molar-refractivity contribution in [3.8, 4) is 11.3 Å². The van der Waals surface area contributed by atoms with Crippen LogP contribution in [0.1, 0.15) is 18.9 Å². The summed E-state index contributed by atoms with van der Waals surface area (Å²) in [6.07, 6.45) is 1.81. The van der Waals surface area contributed by atoms with Crippen LogP contribution in [0.5, 0.6) is 0 Å². The average molecular weight is 375 g/mol. The molecule has 0 radical (unpaired) electrons. The Bertz CT molecular complexity index is 767. The number of carbonyl (C=O) groups excluding carboxylic acids is 1. The van der Waals surface area contributed by atoms with E-state index in [1.54, 1.807) is 6.20 Å². The number of halogens is 2. The summed E-state index contributed by atoms with van der Waals surface area (Å²) in [5.41, 5.74) is 2.89. The van der Waals surface area contributed by atoms with Crippen LogP contribution in [0.25, 0.3) is 11.3 Å². The van der Waals surface area contributed by atoms with E-state index in [-0.39, 0.29) is 25.0 Å². The topological polar surface area (TPSA) is 48.4 Å². The van der Waals surface area contributed by atoms with Gasteiger partial charge in [-0.3, -0.25) is 4.98 Å². The maximum absolute atomic E-state index is 14.1. The quantitative estimate of drug-likeness (QED) is 0.683. The predicted molar refractivity (Wildman–Crippen MR) is 97.4 cm³/mol. The largest absolute Gasteiger partial charge is 0.462 e. The number of alkyl halides is 2. The Hall–Kier alpha value is -2.34. The minimum Gasteiger partial charge on any atom is -0.462 e. The van der Waals surface area contributed by atoms with E-state index in [2.05, 4.69) is 9.72 Å². The summed E-state index contributed by atoms with van der Waals surface area (Å²) in [5, 5.41) is 0. The Labute approximate surface area is 157 Å². The van der Waals surface area contributed by atoms with Crippen LogP contribution in [0, 0.1) is 11.8 Å². The molecule has 0 aliphatic carbocycles. The van der Waals surface area contributed by atoms with Crippen molar-refractivity contribution < 1.29 is 23.0 Å². The van der Waals surface area contributed by atoms with Crippen molar-refractivity contribution in [2.45, 2.75) is 25.7 Å². The van der Waals surface area contributed by atoms with Gasteiger partial charge in [0.2, 0.25) is 0 Å². The summed E-state index contributed by atoms with van der Waals surface area (Å²) in [5.74, 6) is -5.39. The van der Waals surface area contributed by atoms with Crippen LogP contribution >= 0.6 is 0 Å². The Morgan fingerprint density at radius 3 is 2.78 bits per heavy atom. The molecule has 0 bridgehead atoms. The van der Waals surface area contributed by atoms with Crippen LogP contribution in [-0.4, -0.2) is 36.7 Å². The number of nitrogens with zero attached hydrogens (tertiary/aromatic N) is 1. The monoisotopic (exact) mass is 375 g/mol. The summed E-state index contributed by atoms with van der Waals surface area (Å²) in [6.45, 7) is 2.11. The number of aromatic nitrogens is 1. The maximum atomic E-state index is 14.1. The van der Waals surface area contributed by atoms with E-state index < -0.39 is 18.3 Å². The fourth-order valence-electron chi connectivity index (χ4n) is 3.44. The zero-order chi connectivity index (χ0) is 19.3. The molecule has 1 aromatic heterocycles. The third-order valence-corrected chi connectivity index (χ3v) is 4.81. The van der Waals surface area contributed by atoms with Gasteiger partial charge < -0.3 is 9.47 Å². The molecule has 2 unspecified atom stereocenters. The summed E-state index contributed by atoms with van der Waals surface area (Å²) < 4.78 is 38.2. The number of rotatable bonds is 7. The van der Waals surface area contributed by atoms with Gasteiger partial charge in [0.1, 0.15) is 0 Å². The Kier molecular flexibility index (Phi) is 6.16. The first-order valence-electron chi connectivity index (χ1n) is 9.12. The first kappa shape index (κ1) is 19.4. The predicted octanol–water partition coefficient (Wildman–Crippen LogP) is 4.14. The summed E-state index contributed by atoms with van der Waals surface area (Å²) in [4.78, 5) is 15.8. The normalized spacial score (nSPS) is 19.8. The third-order valence-electron chi connectivity index (χ3n) is 4.81. The van der Waals surface area contributed by atoms with Gasteiger partial charge in [0.15, 0.2) is 0 Å². The van der Waals surface area contributed by atoms with E-state index in [1.165, 1.54) is 6.92 Å². The molecule has 2 atom stereocenters. The van der Waals surface area contributed by atoms with Crippen molar-refractivity contribution in [1.82, 2.24) is 4.98 Å². The molecule has 0 saturated carbocycles. The number of hydrogen-bond donors (Lipinski definition) is 0. The lowest BCUT2D eigenvalue weighted by Gasteiger charge is -2.22. The lowest BCUT2D eigenvalue weighted by Crippen LogP contribution is -2.35. The zero-order valence-electron chi connectivity index (χ0n) is 15.2. The molecular weight excluding hydrogens is 352 g/mol. The molecule has 4 nitrogen and oxygen atoms in total. The van der Waals surface area contributed by atoms with Crippen molar-refractivity contribution in [3.05, 3.63) is 54.2 Å². The van der Waals surface area contributed by atoms with Crippen molar-refractivity contribution in [2.75, 3.05) is 19.8 Å². The molecule has 0 spiro atoms. The molecular formula is C21H23F2NO3. The molecule has 2 aromatic rings. The van der Waals surface area contributed by atoms with E-state index in [1.807, 2.05) is 42.5 Å². The molecule has 27 heavy (non-hydrogen) atoms. The van der Waals surface area contributed by atoms with E-state index in [4.69, 9.17) is 4.74 Å². The second kappa shape index (κ2) is 8.57. The molecule has 2 heterocycles. The van der Waals surface area contributed by atoms with Gasteiger partial charge in [0.05, 0.1) is 18.9 Å². The molecule has 0 N–H and O–H groups in total. The lowest BCUT2D eigenvalue weighted by molar-refractivity contribution is -0.174. The molecule has 1 aliphatic heterocycles.